The summed E-state index contributed by atoms with van der Waals surface area (Å²) in [6, 6.07) is 0. The zero-order valence-electron chi connectivity index (χ0n) is 18.2. The molecular weight excluding hydrogens is 332 g/mol. The minimum Gasteiger partial charge on any atom is -0.481 e. The van der Waals surface area contributed by atoms with Gasteiger partial charge in [-0.1, -0.05) is 103 Å². The number of unbranched alkanes of at least 4 members (excludes halogenated alkanes) is 18. The highest BCUT2D eigenvalue weighted by atomic mass is 16.4. The second-order valence-corrected chi connectivity index (χ2v) is 8.01. The fraction of sp³-hybridized carbons (Fsp3) is 0.880. The summed E-state index contributed by atoms with van der Waals surface area (Å²) >= 11 is 0. The van der Waals surface area contributed by atoms with Crippen molar-refractivity contribution in [2.45, 2.75) is 142 Å². The molecule has 2 heteroatoms. The maximum absolute atomic E-state index is 10.4. The van der Waals surface area contributed by atoms with Crippen LogP contribution in [0.3, 0.4) is 0 Å². The van der Waals surface area contributed by atoms with E-state index in [0.29, 0.717) is 6.42 Å². The van der Waals surface area contributed by atoms with Gasteiger partial charge in [0.25, 0.3) is 0 Å². The smallest absolute Gasteiger partial charge is 0.303 e. The number of carboxylic acids is 1. The molecule has 0 aliphatic rings. The molecule has 27 heavy (non-hydrogen) atoms. The Morgan fingerprint density at radius 1 is 0.556 bits per heavy atom. The Labute approximate surface area is 169 Å². The Kier molecular flexibility index (Phi) is 22.2. The van der Waals surface area contributed by atoms with Crippen molar-refractivity contribution in [3.8, 4) is 11.8 Å². The van der Waals surface area contributed by atoms with E-state index in [1.165, 1.54) is 96.3 Å². The zero-order valence-corrected chi connectivity index (χ0v) is 18.2. The lowest BCUT2D eigenvalue weighted by Crippen LogP contribution is -1.93. The second kappa shape index (κ2) is 23.1. The van der Waals surface area contributed by atoms with Crippen LogP contribution in [-0.4, -0.2) is 11.1 Å². The monoisotopic (exact) mass is 378 g/mol. The summed E-state index contributed by atoms with van der Waals surface area (Å²) in [4.78, 5) is 10.4. The molecule has 0 spiro atoms. The van der Waals surface area contributed by atoms with Crippen LogP contribution in [0.1, 0.15) is 142 Å². The van der Waals surface area contributed by atoms with E-state index in [1.54, 1.807) is 0 Å². The average Bonchev–Trinajstić information content (AvgIpc) is 2.65. The third kappa shape index (κ3) is 25.0. The van der Waals surface area contributed by atoms with E-state index in [2.05, 4.69) is 18.8 Å². The third-order valence-electron chi connectivity index (χ3n) is 5.22. The molecule has 0 aromatic carbocycles. The first-order valence-corrected chi connectivity index (χ1v) is 11.9. The van der Waals surface area contributed by atoms with Crippen molar-refractivity contribution in [1.82, 2.24) is 0 Å². The minimum absolute atomic E-state index is 0.318. The third-order valence-corrected chi connectivity index (χ3v) is 5.22. The van der Waals surface area contributed by atoms with Gasteiger partial charge in [-0.3, -0.25) is 4.79 Å². The summed E-state index contributed by atoms with van der Waals surface area (Å²) < 4.78 is 0. The largest absolute Gasteiger partial charge is 0.481 e. The molecule has 158 valence electrons. The number of aliphatic carboxylic acids is 1. The quantitative estimate of drug-likeness (QED) is 0.171. The molecule has 0 atom stereocenters. The van der Waals surface area contributed by atoms with Crippen LogP contribution < -0.4 is 0 Å². The van der Waals surface area contributed by atoms with Crippen molar-refractivity contribution in [1.29, 1.82) is 0 Å². The highest BCUT2D eigenvalue weighted by Gasteiger charge is 1.96. The SMILES string of the molecule is CCCCCCCCCCCCCCCC#CCCCCCCCC(=O)O. The van der Waals surface area contributed by atoms with Crippen LogP contribution in [0, 0.1) is 11.8 Å². The van der Waals surface area contributed by atoms with Gasteiger partial charge in [0, 0.05) is 19.3 Å². The lowest BCUT2D eigenvalue weighted by atomic mass is 10.0. The Bertz CT molecular complexity index is 364. The summed E-state index contributed by atoms with van der Waals surface area (Å²) in [5.41, 5.74) is 0. The van der Waals surface area contributed by atoms with E-state index in [-0.39, 0.29) is 0 Å². The first-order chi connectivity index (χ1) is 13.3. The van der Waals surface area contributed by atoms with Gasteiger partial charge in [-0.25, -0.2) is 0 Å². The predicted molar refractivity (Wildman–Crippen MR) is 118 cm³/mol. The first kappa shape index (κ1) is 26.0. The van der Waals surface area contributed by atoms with Crippen LogP contribution >= 0.6 is 0 Å². The Hall–Kier alpha value is -0.970. The normalized spacial score (nSPS) is 10.6. The molecule has 0 fully saturated rings. The molecule has 0 rings (SSSR count). The topological polar surface area (TPSA) is 37.3 Å². The molecular formula is C25H46O2. The van der Waals surface area contributed by atoms with Gasteiger partial charge in [-0.2, -0.15) is 0 Å². The highest BCUT2D eigenvalue weighted by molar-refractivity contribution is 5.66. The van der Waals surface area contributed by atoms with Crippen LogP contribution in [0.4, 0.5) is 0 Å². The van der Waals surface area contributed by atoms with Crippen LogP contribution in [0.2, 0.25) is 0 Å². The number of carbonyl (C=O) groups is 1. The maximum Gasteiger partial charge on any atom is 0.303 e. The van der Waals surface area contributed by atoms with Gasteiger partial charge in [-0.15, -0.1) is 11.8 Å². The van der Waals surface area contributed by atoms with Gasteiger partial charge in [-0.05, 0) is 19.3 Å². The second-order valence-electron chi connectivity index (χ2n) is 8.01. The number of rotatable bonds is 20. The van der Waals surface area contributed by atoms with E-state index in [4.69, 9.17) is 5.11 Å². The summed E-state index contributed by atoms with van der Waals surface area (Å²) in [6.45, 7) is 2.28. The maximum atomic E-state index is 10.4. The van der Waals surface area contributed by atoms with Gasteiger partial charge < -0.3 is 5.11 Å². The molecule has 0 aliphatic carbocycles. The van der Waals surface area contributed by atoms with Gasteiger partial charge in [0.1, 0.15) is 0 Å². The predicted octanol–water partition coefficient (Wildman–Crippen LogP) is 8.29. The summed E-state index contributed by atoms with van der Waals surface area (Å²) in [5, 5.41) is 8.56. The molecule has 0 saturated carbocycles. The molecule has 0 bridgehead atoms. The van der Waals surface area contributed by atoms with Crippen molar-refractivity contribution < 1.29 is 9.90 Å². The number of hydrogen-bond acceptors (Lipinski definition) is 1. The Morgan fingerprint density at radius 3 is 1.26 bits per heavy atom. The minimum atomic E-state index is -0.672. The van der Waals surface area contributed by atoms with E-state index in [9.17, 15) is 4.79 Å². The van der Waals surface area contributed by atoms with Crippen LogP contribution in [0.15, 0.2) is 0 Å². The van der Waals surface area contributed by atoms with Crippen molar-refractivity contribution in [3.63, 3.8) is 0 Å². The lowest BCUT2D eigenvalue weighted by molar-refractivity contribution is -0.137. The summed E-state index contributed by atoms with van der Waals surface area (Å²) in [6.07, 6.45) is 26.0. The summed E-state index contributed by atoms with van der Waals surface area (Å²) in [7, 11) is 0. The van der Waals surface area contributed by atoms with Crippen LogP contribution in [-0.2, 0) is 4.79 Å². The number of hydrogen-bond donors (Lipinski definition) is 1. The molecule has 0 radical (unpaired) electrons. The zero-order chi connectivity index (χ0) is 19.8. The van der Waals surface area contributed by atoms with E-state index >= 15 is 0 Å². The molecule has 0 amide bonds. The Morgan fingerprint density at radius 2 is 0.889 bits per heavy atom. The van der Waals surface area contributed by atoms with Crippen molar-refractivity contribution in [3.05, 3.63) is 0 Å². The average molecular weight is 379 g/mol. The van der Waals surface area contributed by atoms with Crippen LogP contribution in [0.5, 0.6) is 0 Å². The fourth-order valence-corrected chi connectivity index (χ4v) is 3.43. The molecule has 0 heterocycles. The van der Waals surface area contributed by atoms with E-state index in [0.717, 1.165) is 32.1 Å². The van der Waals surface area contributed by atoms with Crippen molar-refractivity contribution in [2.75, 3.05) is 0 Å². The molecule has 0 unspecified atom stereocenters. The lowest BCUT2D eigenvalue weighted by Gasteiger charge is -2.02. The highest BCUT2D eigenvalue weighted by Crippen LogP contribution is 2.13. The van der Waals surface area contributed by atoms with Gasteiger partial charge in [0.2, 0.25) is 0 Å². The van der Waals surface area contributed by atoms with Crippen molar-refractivity contribution >= 4 is 5.97 Å². The molecule has 0 saturated heterocycles. The standard InChI is InChI=1S/C25H46O2/c1-2-3-4-5-6-7-8-9-10-11-12-13-14-15-16-17-18-19-20-21-22-23-24-25(26)27/h2-15,18-24H2,1H3,(H,26,27). The molecule has 0 aromatic rings. The van der Waals surface area contributed by atoms with Crippen molar-refractivity contribution in [2.24, 2.45) is 0 Å². The summed E-state index contributed by atoms with van der Waals surface area (Å²) in [5.74, 6) is 5.94. The van der Waals surface area contributed by atoms with Gasteiger partial charge in [0.05, 0.1) is 0 Å². The van der Waals surface area contributed by atoms with Gasteiger partial charge in [0.15, 0.2) is 0 Å². The molecule has 2 nitrogen and oxygen atoms in total. The fourth-order valence-electron chi connectivity index (χ4n) is 3.43. The van der Waals surface area contributed by atoms with Crippen LogP contribution in [0.25, 0.3) is 0 Å². The first-order valence-electron chi connectivity index (χ1n) is 11.9. The Balaban J connectivity index is 3.10. The number of carboxylic acid groups (broad SMARTS) is 1. The van der Waals surface area contributed by atoms with E-state index < -0.39 is 5.97 Å². The van der Waals surface area contributed by atoms with Gasteiger partial charge >= 0.3 is 5.97 Å². The van der Waals surface area contributed by atoms with E-state index in [1.807, 2.05) is 0 Å². The molecule has 1 N–H and O–H groups in total. The molecule has 0 aliphatic heterocycles. The molecule has 0 aromatic heterocycles.